The van der Waals surface area contributed by atoms with Crippen LogP contribution in [0.5, 0.6) is 0 Å². The molecule has 1 unspecified atom stereocenters. The Labute approximate surface area is 282 Å². The topological polar surface area (TPSA) is 142 Å². The summed E-state index contributed by atoms with van der Waals surface area (Å²) in [6.07, 6.45) is -2.63. The molecule has 4 saturated heterocycles. The van der Waals surface area contributed by atoms with Gasteiger partial charge in [-0.25, -0.2) is 0 Å². The molecule has 0 radical (unpaired) electrons. The molecule has 0 aromatic heterocycles. The van der Waals surface area contributed by atoms with Crippen LogP contribution < -0.4 is 5.32 Å². The molecular weight excluding hydrogens is 606 g/mol. The molecule has 0 saturated carbocycles. The van der Waals surface area contributed by atoms with E-state index in [1.54, 1.807) is 13.8 Å². The first kappa shape index (κ1) is 38.9. The van der Waals surface area contributed by atoms with Crippen LogP contribution >= 0.6 is 0 Å². The summed E-state index contributed by atoms with van der Waals surface area (Å²) in [6, 6.07) is -0.592. The van der Waals surface area contributed by atoms with E-state index in [1.165, 1.54) is 0 Å². The van der Waals surface area contributed by atoms with E-state index in [-0.39, 0.29) is 24.0 Å². The highest BCUT2D eigenvalue weighted by Gasteiger charge is 2.58. The van der Waals surface area contributed by atoms with E-state index >= 15 is 0 Å². The van der Waals surface area contributed by atoms with Crippen molar-refractivity contribution in [3.8, 4) is 0 Å². The van der Waals surface area contributed by atoms with Crippen LogP contribution in [0.2, 0.25) is 0 Å². The van der Waals surface area contributed by atoms with Gasteiger partial charge in [0.1, 0.15) is 23.9 Å². The molecule has 1 spiro atoms. The Balaban J connectivity index is 1.84. The smallest absolute Gasteiger partial charge is 0.311 e. The van der Waals surface area contributed by atoms with Crippen LogP contribution in [0.15, 0.2) is 0 Å². The molecule has 14 atom stereocenters. The third-order valence-electron chi connectivity index (χ3n) is 11.5. The second kappa shape index (κ2) is 15.1. The van der Waals surface area contributed by atoms with Gasteiger partial charge in [-0.3, -0.25) is 4.79 Å². The highest BCUT2D eigenvalue weighted by atomic mass is 16.7. The number of aliphatic hydroxyl groups excluding tert-OH is 2. The van der Waals surface area contributed by atoms with E-state index in [0.717, 1.165) is 0 Å². The molecular formula is C35H65N3O9. The van der Waals surface area contributed by atoms with Crippen LogP contribution in [-0.4, -0.2) is 144 Å². The molecule has 12 heteroatoms. The van der Waals surface area contributed by atoms with E-state index in [4.69, 9.17) is 23.7 Å². The summed E-state index contributed by atoms with van der Waals surface area (Å²) in [5, 5.41) is 38.1. The van der Waals surface area contributed by atoms with Crippen LogP contribution in [0.4, 0.5) is 0 Å². The number of fused-ring (bicyclic) bond motifs is 3. The first-order chi connectivity index (χ1) is 21.9. The fourth-order valence-corrected chi connectivity index (χ4v) is 8.73. The Morgan fingerprint density at radius 3 is 2.32 bits per heavy atom. The number of esters is 1. The van der Waals surface area contributed by atoms with Gasteiger partial charge in [0, 0.05) is 50.5 Å². The summed E-state index contributed by atoms with van der Waals surface area (Å²) in [4.78, 5) is 18.1. The molecule has 12 nitrogen and oxygen atoms in total. The number of hydrogen-bond donors (Lipinski definition) is 4. The lowest BCUT2D eigenvalue weighted by atomic mass is 9.78. The highest BCUT2D eigenvalue weighted by Crippen LogP contribution is 2.47. The zero-order chi connectivity index (χ0) is 35.1. The van der Waals surface area contributed by atoms with Crippen LogP contribution in [0, 0.1) is 17.8 Å². The number of likely N-dealkylation sites (N-methyl/N-ethyl adjacent to an activating group) is 2. The molecule has 4 heterocycles. The summed E-state index contributed by atoms with van der Waals surface area (Å²) in [5.74, 6) is -2.58. The maximum absolute atomic E-state index is 14.0. The minimum absolute atomic E-state index is 0.0614. The number of cyclic esters (lactones) is 1. The van der Waals surface area contributed by atoms with Crippen molar-refractivity contribution >= 4 is 5.97 Å². The standard InChI is InChI=1S/C35H65N3O9/c1-12-26-34(8,42)29(40)24(6)38(11)19-20(2)18-33(7)30(45-32-27(39)25(37(9)10)17-21(3)43-32)22(4)28(23(5)31(41)44-26)46-35(47-33)13-15-36-16-14-35/h20-30,32,36,39-40,42H,12-19H2,1-11H3/t20-,21-,22+,23-,24-,25+,26-,27-,28?,29-,30-,32+,33-,34-/m1/s1. The number of piperidine rings is 1. The zero-order valence-electron chi connectivity index (χ0n) is 30.8. The van der Waals surface area contributed by atoms with Crippen molar-refractivity contribution in [3.05, 3.63) is 0 Å². The maximum atomic E-state index is 14.0. The van der Waals surface area contributed by atoms with Crippen molar-refractivity contribution in [1.29, 1.82) is 0 Å². The van der Waals surface area contributed by atoms with E-state index in [2.05, 4.69) is 19.2 Å². The van der Waals surface area contributed by atoms with Crippen molar-refractivity contribution in [2.24, 2.45) is 17.8 Å². The first-order valence-corrected chi connectivity index (χ1v) is 17.9. The van der Waals surface area contributed by atoms with Gasteiger partial charge in [-0.1, -0.05) is 20.8 Å². The summed E-state index contributed by atoms with van der Waals surface area (Å²) in [6.45, 7) is 17.3. The molecule has 0 amide bonds. The average Bonchev–Trinajstić information content (AvgIpc) is 3.07. The Morgan fingerprint density at radius 1 is 1.09 bits per heavy atom. The molecule has 4 aliphatic rings. The van der Waals surface area contributed by atoms with Crippen molar-refractivity contribution in [2.45, 2.75) is 159 Å². The minimum Gasteiger partial charge on any atom is -0.459 e. The number of rotatable bonds is 4. The quantitative estimate of drug-likeness (QED) is 0.325. The Bertz CT molecular complexity index is 1040. The molecule has 4 rings (SSSR count). The number of hydrogen-bond acceptors (Lipinski definition) is 12. The molecule has 2 bridgehead atoms. The van der Waals surface area contributed by atoms with E-state index < -0.39 is 71.7 Å². The van der Waals surface area contributed by atoms with E-state index in [1.807, 2.05) is 58.6 Å². The van der Waals surface area contributed by atoms with Crippen LogP contribution in [0.3, 0.4) is 0 Å². The number of carbonyl (C=O) groups excluding carboxylic acids is 1. The molecule has 0 aromatic carbocycles. The number of ether oxygens (including phenoxy) is 5. The van der Waals surface area contributed by atoms with Crippen LogP contribution in [-0.2, 0) is 28.5 Å². The largest absolute Gasteiger partial charge is 0.459 e. The Morgan fingerprint density at radius 2 is 1.72 bits per heavy atom. The van der Waals surface area contributed by atoms with Crippen molar-refractivity contribution in [1.82, 2.24) is 15.1 Å². The number of carbonyl (C=O) groups is 1. The van der Waals surface area contributed by atoms with Gasteiger partial charge >= 0.3 is 5.97 Å². The predicted octanol–water partition coefficient (Wildman–Crippen LogP) is 2.12. The molecule has 47 heavy (non-hydrogen) atoms. The number of aliphatic hydroxyl groups is 3. The lowest BCUT2D eigenvalue weighted by molar-refractivity contribution is -0.329. The molecule has 274 valence electrons. The number of nitrogens with one attached hydrogen (secondary N) is 1. The van der Waals surface area contributed by atoms with Gasteiger partial charge in [0.2, 0.25) is 0 Å². The van der Waals surface area contributed by atoms with Crippen LogP contribution in [0.25, 0.3) is 0 Å². The second-order valence-corrected chi connectivity index (χ2v) is 15.9. The van der Waals surface area contributed by atoms with E-state index in [0.29, 0.717) is 51.7 Å². The summed E-state index contributed by atoms with van der Waals surface area (Å²) >= 11 is 0. The lowest BCUT2D eigenvalue weighted by Crippen LogP contribution is -2.60. The van der Waals surface area contributed by atoms with Gasteiger partial charge in [-0.15, -0.1) is 0 Å². The third-order valence-corrected chi connectivity index (χ3v) is 11.5. The number of nitrogens with zero attached hydrogens (tertiary/aromatic N) is 2. The zero-order valence-corrected chi connectivity index (χ0v) is 30.8. The highest BCUT2D eigenvalue weighted by molar-refractivity contribution is 5.73. The SMILES string of the molecule is CC[C@H]1OC(=O)[C@H](C)C2OC3(CCNCC3)O[C@](C)(C[C@@H](C)CN(C)[C@H](C)[C@@H](O)[C@]1(C)O)[C@H](O[C@@H]1O[C@H](C)C[C@H](N(C)C)[C@H]1O)[C@H]2C. The van der Waals surface area contributed by atoms with Gasteiger partial charge in [0.05, 0.1) is 29.8 Å². The fraction of sp³-hybridized carbons (Fsp3) is 0.971. The van der Waals surface area contributed by atoms with Gasteiger partial charge in [-0.2, -0.15) is 0 Å². The molecule has 0 aliphatic carbocycles. The molecule has 4 fully saturated rings. The predicted molar refractivity (Wildman–Crippen MR) is 178 cm³/mol. The van der Waals surface area contributed by atoms with Gasteiger partial charge in [0.15, 0.2) is 12.1 Å². The van der Waals surface area contributed by atoms with Gasteiger partial charge < -0.3 is 54.1 Å². The molecule has 4 N–H and O–H groups in total. The van der Waals surface area contributed by atoms with Crippen LogP contribution in [0.1, 0.15) is 87.5 Å². The minimum atomic E-state index is -1.69. The van der Waals surface area contributed by atoms with Gasteiger partial charge in [-0.05, 0) is 80.9 Å². The third kappa shape index (κ3) is 8.18. The van der Waals surface area contributed by atoms with Crippen molar-refractivity contribution in [2.75, 3.05) is 40.8 Å². The van der Waals surface area contributed by atoms with Crippen molar-refractivity contribution < 1.29 is 43.8 Å². The lowest BCUT2D eigenvalue weighted by Gasteiger charge is -2.48. The average molecular weight is 672 g/mol. The van der Waals surface area contributed by atoms with Gasteiger partial charge in [0.25, 0.3) is 0 Å². The van der Waals surface area contributed by atoms with E-state index in [9.17, 15) is 20.1 Å². The normalized spacial score (nSPS) is 47.7. The summed E-state index contributed by atoms with van der Waals surface area (Å²) in [5.41, 5.74) is -2.60. The maximum Gasteiger partial charge on any atom is 0.311 e. The molecule has 0 aromatic rings. The second-order valence-electron chi connectivity index (χ2n) is 15.9. The molecule has 4 aliphatic heterocycles. The summed E-state index contributed by atoms with van der Waals surface area (Å²) < 4.78 is 33.5. The van der Waals surface area contributed by atoms with Crippen molar-refractivity contribution in [3.63, 3.8) is 0 Å². The monoisotopic (exact) mass is 671 g/mol. The fourth-order valence-electron chi connectivity index (χ4n) is 8.73. The summed E-state index contributed by atoms with van der Waals surface area (Å²) in [7, 11) is 5.83. The Hall–Kier alpha value is -0.930. The Kier molecular flexibility index (Phi) is 12.5. The first-order valence-electron chi connectivity index (χ1n) is 17.9.